The lowest BCUT2D eigenvalue weighted by atomic mass is 10.2. The zero-order chi connectivity index (χ0) is 12.5. The van der Waals surface area contributed by atoms with Crippen LogP contribution in [0, 0.1) is 0 Å². The first kappa shape index (κ1) is 11.5. The second-order valence-corrected chi connectivity index (χ2v) is 4.54. The van der Waals surface area contributed by atoms with Crippen LogP contribution in [0.15, 0.2) is 24.5 Å². The average Bonchev–Trinajstić information content (AvgIpc) is 3.03. The zero-order valence-electron chi connectivity index (χ0n) is 10.3. The molecule has 1 aliphatic heterocycles. The number of aromatic nitrogens is 2. The highest BCUT2D eigenvalue weighted by Crippen LogP contribution is 2.32. The molecule has 2 atom stereocenters. The Labute approximate surface area is 105 Å². The molecule has 1 aliphatic rings. The van der Waals surface area contributed by atoms with Crippen LogP contribution in [0.1, 0.15) is 19.1 Å². The third-order valence-electron chi connectivity index (χ3n) is 3.48. The van der Waals surface area contributed by atoms with Crippen molar-refractivity contribution < 1.29 is 9.84 Å². The second-order valence-electron chi connectivity index (χ2n) is 4.54. The minimum absolute atomic E-state index is 0.0146. The summed E-state index contributed by atoms with van der Waals surface area (Å²) in [5.74, 6) is 0. The molecule has 0 bridgehead atoms. The fraction of sp³-hybridized carbons (Fsp3) is 0.462. The molecule has 1 fully saturated rings. The van der Waals surface area contributed by atoms with Gasteiger partial charge in [-0.3, -0.25) is 0 Å². The molecule has 2 aromatic rings. The summed E-state index contributed by atoms with van der Waals surface area (Å²) in [6.07, 6.45) is 5.55. The largest absolute Gasteiger partial charge is 0.394 e. The van der Waals surface area contributed by atoms with E-state index in [-0.39, 0.29) is 18.9 Å². The normalized spacial score (nSPS) is 23.7. The summed E-state index contributed by atoms with van der Waals surface area (Å²) in [5, 5.41) is 13.4. The highest BCUT2D eigenvalue weighted by Gasteiger charge is 2.26. The molecule has 18 heavy (non-hydrogen) atoms. The number of hydrogen-bond donors (Lipinski definition) is 2. The first-order valence-electron chi connectivity index (χ1n) is 6.23. The zero-order valence-corrected chi connectivity index (χ0v) is 10.3. The SMILES string of the molecule is CNc1ccnc2c1ccn2[C@@H]1CC[C@@H](CO)O1. The van der Waals surface area contributed by atoms with Gasteiger partial charge in [0, 0.05) is 30.5 Å². The Bertz CT molecular complexity index is 552. The van der Waals surface area contributed by atoms with Crippen molar-refractivity contribution in [2.24, 2.45) is 0 Å². The number of nitrogens with zero attached hydrogens (tertiary/aromatic N) is 2. The minimum atomic E-state index is -0.0417. The van der Waals surface area contributed by atoms with Crippen LogP contribution in [0.25, 0.3) is 11.0 Å². The lowest BCUT2D eigenvalue weighted by Crippen LogP contribution is -2.14. The van der Waals surface area contributed by atoms with Gasteiger partial charge < -0.3 is 19.7 Å². The van der Waals surface area contributed by atoms with Gasteiger partial charge in [0.1, 0.15) is 11.9 Å². The molecule has 96 valence electrons. The molecule has 0 aliphatic carbocycles. The molecule has 3 heterocycles. The highest BCUT2D eigenvalue weighted by atomic mass is 16.5. The molecule has 0 aromatic carbocycles. The quantitative estimate of drug-likeness (QED) is 0.867. The Hall–Kier alpha value is -1.59. The van der Waals surface area contributed by atoms with E-state index in [9.17, 15) is 0 Å². The third-order valence-corrected chi connectivity index (χ3v) is 3.48. The first-order chi connectivity index (χ1) is 8.83. The van der Waals surface area contributed by atoms with E-state index in [0.717, 1.165) is 29.6 Å². The molecule has 0 unspecified atom stereocenters. The number of ether oxygens (including phenoxy) is 1. The number of rotatable bonds is 3. The van der Waals surface area contributed by atoms with Crippen LogP contribution in [-0.4, -0.2) is 34.4 Å². The van der Waals surface area contributed by atoms with Crippen LogP contribution in [0.5, 0.6) is 0 Å². The summed E-state index contributed by atoms with van der Waals surface area (Å²) < 4.78 is 7.84. The Balaban J connectivity index is 1.98. The van der Waals surface area contributed by atoms with E-state index in [4.69, 9.17) is 9.84 Å². The smallest absolute Gasteiger partial charge is 0.144 e. The van der Waals surface area contributed by atoms with Gasteiger partial charge in [0.15, 0.2) is 0 Å². The van der Waals surface area contributed by atoms with Crippen molar-refractivity contribution in [2.45, 2.75) is 25.2 Å². The Morgan fingerprint density at radius 3 is 3.11 bits per heavy atom. The first-order valence-corrected chi connectivity index (χ1v) is 6.23. The predicted octanol–water partition coefficient (Wildman–Crippen LogP) is 1.75. The lowest BCUT2D eigenvalue weighted by Gasteiger charge is -2.15. The van der Waals surface area contributed by atoms with Crippen molar-refractivity contribution >= 4 is 16.7 Å². The van der Waals surface area contributed by atoms with E-state index in [0.29, 0.717) is 0 Å². The maximum absolute atomic E-state index is 9.12. The van der Waals surface area contributed by atoms with Gasteiger partial charge in [-0.25, -0.2) is 4.98 Å². The van der Waals surface area contributed by atoms with E-state index in [1.54, 1.807) is 6.20 Å². The summed E-state index contributed by atoms with van der Waals surface area (Å²) in [5.41, 5.74) is 1.99. The van der Waals surface area contributed by atoms with Crippen molar-refractivity contribution in [3.8, 4) is 0 Å². The molecule has 2 aromatic heterocycles. The molecule has 0 radical (unpaired) electrons. The number of nitrogens with one attached hydrogen (secondary N) is 1. The fourth-order valence-corrected chi connectivity index (χ4v) is 2.53. The number of hydrogen-bond acceptors (Lipinski definition) is 4. The molecule has 2 N–H and O–H groups in total. The van der Waals surface area contributed by atoms with Gasteiger partial charge in [0.2, 0.25) is 0 Å². The van der Waals surface area contributed by atoms with E-state index in [1.807, 2.05) is 29.9 Å². The standard InChI is InChI=1S/C13H17N3O2/c1-14-11-4-6-15-13-10(11)5-7-16(13)12-3-2-9(8-17)18-12/h4-7,9,12,17H,2-3,8H2,1H3,(H,14,15)/t9-,12-/m0/s1. The van der Waals surface area contributed by atoms with Crippen molar-refractivity contribution in [1.29, 1.82) is 0 Å². The van der Waals surface area contributed by atoms with Gasteiger partial charge in [0.05, 0.1) is 12.7 Å². The monoisotopic (exact) mass is 247 g/mol. The number of fused-ring (bicyclic) bond motifs is 1. The van der Waals surface area contributed by atoms with E-state index >= 15 is 0 Å². The van der Waals surface area contributed by atoms with Crippen molar-refractivity contribution in [3.63, 3.8) is 0 Å². The number of aliphatic hydroxyl groups excluding tert-OH is 1. The summed E-state index contributed by atoms with van der Waals surface area (Å²) in [6.45, 7) is 0.0882. The molecule has 3 rings (SSSR count). The topological polar surface area (TPSA) is 59.3 Å². The lowest BCUT2D eigenvalue weighted by molar-refractivity contribution is -0.0204. The van der Waals surface area contributed by atoms with Crippen molar-refractivity contribution in [1.82, 2.24) is 9.55 Å². The van der Waals surface area contributed by atoms with Gasteiger partial charge in [0.25, 0.3) is 0 Å². The van der Waals surface area contributed by atoms with Crippen molar-refractivity contribution in [2.75, 3.05) is 19.0 Å². The van der Waals surface area contributed by atoms with E-state index in [2.05, 4.69) is 10.3 Å². The molecular formula is C13H17N3O2. The van der Waals surface area contributed by atoms with Gasteiger partial charge in [-0.2, -0.15) is 0 Å². The van der Waals surface area contributed by atoms with Crippen LogP contribution in [0.4, 0.5) is 5.69 Å². The second kappa shape index (κ2) is 4.59. The van der Waals surface area contributed by atoms with Gasteiger partial charge in [-0.05, 0) is 25.0 Å². The van der Waals surface area contributed by atoms with Crippen LogP contribution in [0.2, 0.25) is 0 Å². The highest BCUT2D eigenvalue weighted by molar-refractivity contribution is 5.89. The fourth-order valence-electron chi connectivity index (χ4n) is 2.53. The van der Waals surface area contributed by atoms with Gasteiger partial charge in [-0.1, -0.05) is 0 Å². The van der Waals surface area contributed by atoms with Crippen LogP contribution < -0.4 is 5.32 Å². The Morgan fingerprint density at radius 1 is 1.50 bits per heavy atom. The predicted molar refractivity (Wildman–Crippen MR) is 69.5 cm³/mol. The molecule has 0 saturated carbocycles. The third kappa shape index (κ3) is 1.76. The van der Waals surface area contributed by atoms with E-state index < -0.39 is 0 Å². The molecule has 1 saturated heterocycles. The van der Waals surface area contributed by atoms with Crippen LogP contribution >= 0.6 is 0 Å². The molecule has 5 heteroatoms. The maximum atomic E-state index is 9.12. The van der Waals surface area contributed by atoms with Gasteiger partial charge >= 0.3 is 0 Å². The summed E-state index contributed by atoms with van der Waals surface area (Å²) in [4.78, 5) is 4.43. The maximum Gasteiger partial charge on any atom is 0.144 e. The summed E-state index contributed by atoms with van der Waals surface area (Å²) >= 11 is 0. The molecule has 0 amide bonds. The minimum Gasteiger partial charge on any atom is -0.394 e. The number of pyridine rings is 1. The van der Waals surface area contributed by atoms with Crippen molar-refractivity contribution in [3.05, 3.63) is 24.5 Å². The van der Waals surface area contributed by atoms with Crippen LogP contribution in [-0.2, 0) is 4.74 Å². The number of aliphatic hydroxyl groups is 1. The molecule has 5 nitrogen and oxygen atoms in total. The summed E-state index contributed by atoms with van der Waals surface area (Å²) in [6, 6.07) is 4.00. The number of anilines is 1. The summed E-state index contributed by atoms with van der Waals surface area (Å²) in [7, 11) is 1.90. The molecular weight excluding hydrogens is 230 g/mol. The van der Waals surface area contributed by atoms with E-state index in [1.165, 1.54) is 0 Å². The van der Waals surface area contributed by atoms with Crippen LogP contribution in [0.3, 0.4) is 0 Å². The Kier molecular flexibility index (Phi) is 2.93. The van der Waals surface area contributed by atoms with Gasteiger partial charge in [-0.15, -0.1) is 0 Å². The Morgan fingerprint density at radius 2 is 2.39 bits per heavy atom. The molecule has 0 spiro atoms. The average molecular weight is 247 g/mol.